The maximum Gasteiger partial charge on any atom is 0.326 e. The number of carbonyl (C=O) groups is 4. The van der Waals surface area contributed by atoms with Gasteiger partial charge in [-0.05, 0) is 45.6 Å². The van der Waals surface area contributed by atoms with Crippen molar-refractivity contribution in [2.45, 2.75) is 70.0 Å². The smallest absolute Gasteiger partial charge is 0.326 e. The number of hydrogen-bond donors (Lipinski definition) is 4. The Labute approximate surface area is 164 Å². The van der Waals surface area contributed by atoms with Crippen LogP contribution in [-0.4, -0.2) is 76.7 Å². The summed E-state index contributed by atoms with van der Waals surface area (Å²) in [5, 5.41) is 21.6. The van der Waals surface area contributed by atoms with Crippen LogP contribution in [0.4, 0.5) is 0 Å². The Morgan fingerprint density at radius 2 is 1.89 bits per heavy atom. The summed E-state index contributed by atoms with van der Waals surface area (Å²) >= 11 is 0. The molecular formula is C18H31N3O7. The first-order valence-electron chi connectivity index (χ1n) is 9.69. The summed E-state index contributed by atoms with van der Waals surface area (Å²) in [6.07, 6.45) is 2.37. The molecule has 1 rings (SSSR count). The number of carboxylic acids is 2. The van der Waals surface area contributed by atoms with Gasteiger partial charge in [-0.1, -0.05) is 6.42 Å². The van der Waals surface area contributed by atoms with Gasteiger partial charge in [-0.15, -0.1) is 0 Å². The molecule has 1 heterocycles. The summed E-state index contributed by atoms with van der Waals surface area (Å²) in [4.78, 5) is 48.9. The molecule has 5 N–H and O–H groups in total. The molecule has 1 aliphatic heterocycles. The molecule has 3 atom stereocenters. The first kappa shape index (κ1) is 23.8. The molecule has 160 valence electrons. The number of unbranched alkanes of at least 4 members (excludes halogenated alkanes) is 1. The lowest BCUT2D eigenvalue weighted by Gasteiger charge is -2.29. The van der Waals surface area contributed by atoms with Crippen LogP contribution in [0.1, 0.15) is 51.9 Å². The SMILES string of the molecule is CCOC(=O)CCC(NC(CCCCN)C(=O)O)C(=O)N1CCC[C@H]1C(=O)O. The molecule has 2 unspecified atom stereocenters. The third-order valence-electron chi connectivity index (χ3n) is 4.71. The number of hydrogen-bond acceptors (Lipinski definition) is 7. The van der Waals surface area contributed by atoms with E-state index in [0.29, 0.717) is 32.2 Å². The van der Waals surface area contributed by atoms with E-state index >= 15 is 0 Å². The predicted molar refractivity (Wildman–Crippen MR) is 99.5 cm³/mol. The van der Waals surface area contributed by atoms with Crippen molar-refractivity contribution >= 4 is 23.8 Å². The van der Waals surface area contributed by atoms with Crippen molar-refractivity contribution in [3.8, 4) is 0 Å². The minimum absolute atomic E-state index is 0.0289. The summed E-state index contributed by atoms with van der Waals surface area (Å²) in [5.74, 6) is -3.19. The van der Waals surface area contributed by atoms with E-state index < -0.39 is 41.9 Å². The maximum absolute atomic E-state index is 13.0. The van der Waals surface area contributed by atoms with E-state index in [1.165, 1.54) is 4.90 Å². The predicted octanol–water partition coefficient (Wildman–Crippen LogP) is -0.0543. The van der Waals surface area contributed by atoms with E-state index in [9.17, 15) is 29.4 Å². The van der Waals surface area contributed by atoms with Crippen LogP contribution in [0, 0.1) is 0 Å². The highest BCUT2D eigenvalue weighted by molar-refractivity contribution is 5.88. The zero-order valence-corrected chi connectivity index (χ0v) is 16.3. The fourth-order valence-electron chi connectivity index (χ4n) is 3.27. The van der Waals surface area contributed by atoms with Gasteiger partial charge < -0.3 is 25.6 Å². The number of nitrogens with one attached hydrogen (secondary N) is 1. The fraction of sp³-hybridized carbons (Fsp3) is 0.778. The molecule has 10 heteroatoms. The fourth-order valence-corrected chi connectivity index (χ4v) is 3.27. The van der Waals surface area contributed by atoms with Gasteiger partial charge in [-0.25, -0.2) is 4.79 Å². The van der Waals surface area contributed by atoms with Gasteiger partial charge in [-0.2, -0.15) is 0 Å². The van der Waals surface area contributed by atoms with Crippen LogP contribution >= 0.6 is 0 Å². The highest BCUT2D eigenvalue weighted by Crippen LogP contribution is 2.20. The van der Waals surface area contributed by atoms with Crippen molar-refractivity contribution in [3.05, 3.63) is 0 Å². The number of amides is 1. The van der Waals surface area contributed by atoms with Gasteiger partial charge in [0.2, 0.25) is 5.91 Å². The number of nitrogens with zero attached hydrogens (tertiary/aromatic N) is 1. The van der Waals surface area contributed by atoms with Gasteiger partial charge in [0.25, 0.3) is 0 Å². The van der Waals surface area contributed by atoms with Crippen LogP contribution in [0.25, 0.3) is 0 Å². The first-order valence-corrected chi connectivity index (χ1v) is 9.69. The van der Waals surface area contributed by atoms with Crippen molar-refractivity contribution < 1.29 is 34.1 Å². The second kappa shape index (κ2) is 12.3. The molecule has 0 aliphatic carbocycles. The number of nitrogens with two attached hydrogens (primary N) is 1. The van der Waals surface area contributed by atoms with Crippen molar-refractivity contribution in [2.75, 3.05) is 19.7 Å². The van der Waals surface area contributed by atoms with Gasteiger partial charge in [0.1, 0.15) is 12.1 Å². The normalized spacial score (nSPS) is 18.5. The zero-order chi connectivity index (χ0) is 21.1. The zero-order valence-electron chi connectivity index (χ0n) is 16.3. The maximum atomic E-state index is 13.0. The van der Waals surface area contributed by atoms with Gasteiger partial charge in [0.05, 0.1) is 12.6 Å². The molecule has 28 heavy (non-hydrogen) atoms. The number of ether oxygens (including phenoxy) is 1. The molecular weight excluding hydrogens is 370 g/mol. The highest BCUT2D eigenvalue weighted by atomic mass is 16.5. The third kappa shape index (κ3) is 7.43. The Hall–Kier alpha value is -2.20. The molecule has 0 aromatic rings. The van der Waals surface area contributed by atoms with Gasteiger partial charge in [-0.3, -0.25) is 19.7 Å². The van der Waals surface area contributed by atoms with Gasteiger partial charge in [0, 0.05) is 13.0 Å². The summed E-state index contributed by atoms with van der Waals surface area (Å²) in [7, 11) is 0. The minimum Gasteiger partial charge on any atom is -0.480 e. The first-order chi connectivity index (χ1) is 13.3. The van der Waals surface area contributed by atoms with Crippen molar-refractivity contribution in [1.29, 1.82) is 0 Å². The van der Waals surface area contributed by atoms with E-state index in [-0.39, 0.29) is 32.4 Å². The molecule has 1 amide bonds. The third-order valence-corrected chi connectivity index (χ3v) is 4.71. The molecule has 0 aromatic carbocycles. The van der Waals surface area contributed by atoms with Crippen LogP contribution in [0.15, 0.2) is 0 Å². The Balaban J connectivity index is 2.89. The minimum atomic E-state index is -1.11. The Morgan fingerprint density at radius 1 is 1.18 bits per heavy atom. The summed E-state index contributed by atoms with van der Waals surface area (Å²) in [5.41, 5.74) is 5.44. The lowest BCUT2D eigenvalue weighted by atomic mass is 10.0. The quantitative estimate of drug-likeness (QED) is 0.245. The molecule has 10 nitrogen and oxygen atoms in total. The topological polar surface area (TPSA) is 159 Å². The lowest BCUT2D eigenvalue weighted by Crippen LogP contribution is -2.54. The van der Waals surface area contributed by atoms with E-state index in [4.69, 9.17) is 10.5 Å². The van der Waals surface area contributed by atoms with E-state index in [2.05, 4.69) is 5.32 Å². The second-order valence-electron chi connectivity index (χ2n) is 6.77. The van der Waals surface area contributed by atoms with E-state index in [1.54, 1.807) is 6.92 Å². The van der Waals surface area contributed by atoms with Crippen LogP contribution in [-0.2, 0) is 23.9 Å². The molecule has 0 spiro atoms. The molecule has 0 aromatic heterocycles. The number of aliphatic carboxylic acids is 2. The number of likely N-dealkylation sites (tertiary alicyclic amines) is 1. The number of carboxylic acid groups (broad SMARTS) is 2. The highest BCUT2D eigenvalue weighted by Gasteiger charge is 2.38. The molecule has 1 aliphatic rings. The molecule has 0 saturated carbocycles. The second-order valence-corrected chi connectivity index (χ2v) is 6.77. The Bertz CT molecular complexity index is 555. The van der Waals surface area contributed by atoms with Gasteiger partial charge in [0.15, 0.2) is 0 Å². The van der Waals surface area contributed by atoms with Crippen LogP contribution in [0.2, 0.25) is 0 Å². The number of esters is 1. The van der Waals surface area contributed by atoms with E-state index in [0.717, 1.165) is 0 Å². The number of rotatable bonds is 13. The monoisotopic (exact) mass is 401 g/mol. The van der Waals surface area contributed by atoms with Crippen molar-refractivity contribution in [3.63, 3.8) is 0 Å². The van der Waals surface area contributed by atoms with Gasteiger partial charge >= 0.3 is 17.9 Å². The standard InChI is InChI=1S/C18H31N3O7/c1-2-28-15(22)9-8-12(20-13(17(24)25)6-3-4-10-19)16(23)21-11-5-7-14(21)18(26)27/h12-14,20H,2-11,19H2,1H3,(H,24,25)(H,26,27)/t12?,13?,14-/m0/s1. The summed E-state index contributed by atoms with van der Waals surface area (Å²) < 4.78 is 4.87. The molecule has 1 fully saturated rings. The van der Waals surface area contributed by atoms with E-state index in [1.807, 2.05) is 0 Å². The molecule has 1 saturated heterocycles. The largest absolute Gasteiger partial charge is 0.480 e. The molecule has 0 bridgehead atoms. The lowest BCUT2D eigenvalue weighted by molar-refractivity contribution is -0.150. The summed E-state index contributed by atoms with van der Waals surface area (Å²) in [6, 6.07) is -2.91. The average Bonchev–Trinajstić information content (AvgIpc) is 3.13. The average molecular weight is 401 g/mol. The number of carbonyl (C=O) groups excluding carboxylic acids is 2. The Morgan fingerprint density at radius 3 is 2.46 bits per heavy atom. The van der Waals surface area contributed by atoms with Crippen LogP contribution < -0.4 is 11.1 Å². The Kier molecular flexibility index (Phi) is 10.5. The summed E-state index contributed by atoms with van der Waals surface area (Å²) in [6.45, 7) is 2.59. The molecule has 0 radical (unpaired) electrons. The van der Waals surface area contributed by atoms with Crippen LogP contribution in [0.3, 0.4) is 0 Å². The van der Waals surface area contributed by atoms with Crippen molar-refractivity contribution in [2.24, 2.45) is 5.73 Å². The van der Waals surface area contributed by atoms with Crippen molar-refractivity contribution in [1.82, 2.24) is 10.2 Å². The van der Waals surface area contributed by atoms with Crippen LogP contribution in [0.5, 0.6) is 0 Å².